The first-order chi connectivity index (χ1) is 12.8. The molecule has 0 bridgehead atoms. The van der Waals surface area contributed by atoms with Crippen LogP contribution in [-0.2, 0) is 19.1 Å². The van der Waals surface area contributed by atoms with Gasteiger partial charge in [-0.25, -0.2) is 14.4 Å². The molecule has 27 heavy (non-hydrogen) atoms. The van der Waals surface area contributed by atoms with Gasteiger partial charge in [0.25, 0.3) is 0 Å². The molecular weight excluding hydrogens is 352 g/mol. The number of benzene rings is 2. The van der Waals surface area contributed by atoms with Crippen LogP contribution in [-0.4, -0.2) is 41.5 Å². The topological polar surface area (TPSA) is 107 Å². The highest BCUT2D eigenvalue weighted by Gasteiger charge is 2.35. The molecule has 2 aromatic carbocycles. The molecule has 0 aromatic heterocycles. The summed E-state index contributed by atoms with van der Waals surface area (Å²) in [5.41, 5.74) is 2.07. The minimum Gasteiger partial charge on any atom is -0.478 e. The van der Waals surface area contributed by atoms with Crippen LogP contribution in [0.1, 0.15) is 31.8 Å². The predicted molar refractivity (Wildman–Crippen MR) is 94.5 cm³/mol. The Hall–Kier alpha value is -3.48. The van der Waals surface area contributed by atoms with E-state index in [9.17, 15) is 24.3 Å². The van der Waals surface area contributed by atoms with Crippen molar-refractivity contribution in [1.82, 2.24) is 0 Å². The van der Waals surface area contributed by atoms with Crippen molar-refractivity contribution in [2.75, 3.05) is 0 Å². The number of esters is 2. The van der Waals surface area contributed by atoms with Gasteiger partial charge in [0.2, 0.25) is 12.2 Å². The van der Waals surface area contributed by atoms with E-state index < -0.39 is 30.1 Å². The fourth-order valence-corrected chi connectivity index (χ4v) is 2.17. The molecule has 2 aromatic rings. The Morgan fingerprint density at radius 1 is 0.815 bits per heavy atom. The number of aliphatic carboxylic acids is 1. The van der Waals surface area contributed by atoms with E-state index in [1.807, 2.05) is 13.8 Å². The van der Waals surface area contributed by atoms with Gasteiger partial charge >= 0.3 is 17.9 Å². The summed E-state index contributed by atoms with van der Waals surface area (Å²) in [7, 11) is 0. The summed E-state index contributed by atoms with van der Waals surface area (Å²) in [6.07, 6.45) is -3.63. The molecule has 0 aliphatic heterocycles. The molecule has 0 fully saturated rings. The largest absolute Gasteiger partial charge is 0.478 e. The molecule has 1 N–H and O–H groups in total. The fourth-order valence-electron chi connectivity index (χ4n) is 2.17. The van der Waals surface area contributed by atoms with Gasteiger partial charge in [-0.15, -0.1) is 0 Å². The molecule has 0 heterocycles. The highest BCUT2D eigenvalue weighted by atomic mass is 16.6. The number of rotatable bonds is 7. The molecule has 140 valence electrons. The van der Waals surface area contributed by atoms with Crippen LogP contribution in [0.25, 0.3) is 0 Å². The van der Waals surface area contributed by atoms with Crippen molar-refractivity contribution in [3.63, 3.8) is 0 Å². The minimum atomic E-state index is -1.97. The first-order valence-corrected chi connectivity index (χ1v) is 8.05. The molecule has 0 radical (unpaired) electrons. The summed E-state index contributed by atoms with van der Waals surface area (Å²) in [5.74, 6) is -3.45. The van der Waals surface area contributed by atoms with Gasteiger partial charge < -0.3 is 14.6 Å². The molecule has 0 aliphatic rings. The van der Waals surface area contributed by atoms with Gasteiger partial charge in [-0.3, -0.25) is 4.79 Å². The molecule has 0 spiro atoms. The third-order valence-electron chi connectivity index (χ3n) is 3.73. The second-order valence-corrected chi connectivity index (χ2v) is 5.90. The van der Waals surface area contributed by atoms with Crippen LogP contribution in [0.2, 0.25) is 0 Å². The van der Waals surface area contributed by atoms with Gasteiger partial charge in [0, 0.05) is 0 Å². The molecule has 0 amide bonds. The second kappa shape index (κ2) is 8.75. The summed E-state index contributed by atoms with van der Waals surface area (Å²) in [5, 5.41) is 9.31. The highest BCUT2D eigenvalue weighted by Crippen LogP contribution is 2.13. The van der Waals surface area contributed by atoms with E-state index in [-0.39, 0.29) is 17.4 Å². The first-order valence-electron chi connectivity index (χ1n) is 8.05. The van der Waals surface area contributed by atoms with Crippen molar-refractivity contribution in [3.8, 4) is 0 Å². The number of carboxylic acid groups (broad SMARTS) is 1. The lowest BCUT2D eigenvalue weighted by Gasteiger charge is -2.20. The molecular formula is C20H18O7. The normalized spacial score (nSPS) is 12.5. The molecule has 0 unspecified atom stereocenters. The van der Waals surface area contributed by atoms with Crippen LogP contribution < -0.4 is 0 Å². The zero-order valence-corrected chi connectivity index (χ0v) is 14.7. The molecule has 0 saturated heterocycles. The van der Waals surface area contributed by atoms with Crippen LogP contribution in [0, 0.1) is 13.8 Å². The quantitative estimate of drug-likeness (QED) is 0.589. The van der Waals surface area contributed by atoms with Gasteiger partial charge in [-0.2, -0.15) is 0 Å². The van der Waals surface area contributed by atoms with E-state index in [4.69, 9.17) is 9.47 Å². The molecule has 7 heteroatoms. The van der Waals surface area contributed by atoms with Crippen molar-refractivity contribution < 1.29 is 33.8 Å². The Morgan fingerprint density at radius 2 is 1.22 bits per heavy atom. The molecule has 0 saturated carbocycles. The summed E-state index contributed by atoms with van der Waals surface area (Å²) >= 11 is 0. The zero-order chi connectivity index (χ0) is 20.0. The first kappa shape index (κ1) is 19.8. The van der Waals surface area contributed by atoms with E-state index in [2.05, 4.69) is 0 Å². The Kier molecular flexibility index (Phi) is 6.43. The van der Waals surface area contributed by atoms with Gasteiger partial charge in [-0.1, -0.05) is 35.4 Å². The van der Waals surface area contributed by atoms with Gasteiger partial charge in [0.1, 0.15) is 0 Å². The summed E-state index contributed by atoms with van der Waals surface area (Å²) in [6.45, 7) is 3.65. The zero-order valence-electron chi connectivity index (χ0n) is 14.7. The maximum Gasteiger partial charge on any atom is 0.349 e. The van der Waals surface area contributed by atoms with E-state index in [0.717, 1.165) is 11.1 Å². The Bertz CT molecular complexity index is 838. The average Bonchev–Trinajstić information content (AvgIpc) is 2.65. The number of aryl methyl sites for hydroxylation is 2. The van der Waals surface area contributed by atoms with Crippen LogP contribution in [0.5, 0.6) is 0 Å². The SMILES string of the molecule is Cc1ccc(C(=O)O[C@@H](C=O)[C@@H](OC(=O)c2ccc(C)cc2)C(=O)O)cc1. The maximum absolute atomic E-state index is 12.1. The molecule has 0 aliphatic carbocycles. The van der Waals surface area contributed by atoms with E-state index in [1.165, 1.54) is 24.3 Å². The van der Waals surface area contributed by atoms with E-state index >= 15 is 0 Å². The Labute approximate surface area is 155 Å². The number of carbonyl (C=O) groups excluding carboxylic acids is 3. The monoisotopic (exact) mass is 370 g/mol. The lowest BCUT2D eigenvalue weighted by atomic mass is 10.1. The van der Waals surface area contributed by atoms with Crippen molar-refractivity contribution in [3.05, 3.63) is 70.8 Å². The predicted octanol–water partition coefficient (Wildman–Crippen LogP) is 2.34. The highest BCUT2D eigenvalue weighted by molar-refractivity contribution is 5.94. The van der Waals surface area contributed by atoms with Crippen molar-refractivity contribution in [1.29, 1.82) is 0 Å². The standard InChI is InChI=1S/C20H18O7/c1-12-3-7-14(8-4-12)19(24)26-16(11-21)17(18(22)23)27-20(25)15-9-5-13(2)6-10-15/h3-11,16-17H,1-2H3,(H,22,23)/t16-,17+/m0/s1. The van der Waals surface area contributed by atoms with Crippen molar-refractivity contribution in [2.24, 2.45) is 0 Å². The fraction of sp³-hybridized carbons (Fsp3) is 0.200. The minimum absolute atomic E-state index is 0.112. The molecule has 2 rings (SSSR count). The molecule has 2 atom stereocenters. The Balaban J connectivity index is 2.14. The van der Waals surface area contributed by atoms with Gasteiger partial charge in [0.15, 0.2) is 6.29 Å². The van der Waals surface area contributed by atoms with E-state index in [0.29, 0.717) is 0 Å². The maximum atomic E-state index is 12.1. The van der Waals surface area contributed by atoms with Crippen molar-refractivity contribution in [2.45, 2.75) is 26.1 Å². The van der Waals surface area contributed by atoms with Gasteiger partial charge in [0.05, 0.1) is 11.1 Å². The second-order valence-electron chi connectivity index (χ2n) is 5.90. The summed E-state index contributed by atoms with van der Waals surface area (Å²) < 4.78 is 9.84. The summed E-state index contributed by atoms with van der Waals surface area (Å²) in [6, 6.07) is 12.5. The lowest BCUT2D eigenvalue weighted by Crippen LogP contribution is -2.42. The van der Waals surface area contributed by atoms with Crippen LogP contribution in [0.15, 0.2) is 48.5 Å². The number of aldehydes is 1. The van der Waals surface area contributed by atoms with Crippen LogP contribution >= 0.6 is 0 Å². The van der Waals surface area contributed by atoms with Crippen LogP contribution in [0.3, 0.4) is 0 Å². The lowest BCUT2D eigenvalue weighted by molar-refractivity contribution is -0.155. The Morgan fingerprint density at radius 3 is 1.59 bits per heavy atom. The third-order valence-corrected chi connectivity index (χ3v) is 3.73. The number of carboxylic acids is 1. The van der Waals surface area contributed by atoms with Gasteiger partial charge in [-0.05, 0) is 38.1 Å². The summed E-state index contributed by atoms with van der Waals surface area (Å²) in [4.78, 5) is 47.0. The number of hydrogen-bond acceptors (Lipinski definition) is 6. The smallest absolute Gasteiger partial charge is 0.349 e. The van der Waals surface area contributed by atoms with E-state index in [1.54, 1.807) is 24.3 Å². The third kappa shape index (κ3) is 5.24. The number of ether oxygens (including phenoxy) is 2. The van der Waals surface area contributed by atoms with Crippen molar-refractivity contribution >= 4 is 24.2 Å². The average molecular weight is 370 g/mol. The molecule has 7 nitrogen and oxygen atoms in total. The number of carbonyl (C=O) groups is 4. The number of hydrogen-bond donors (Lipinski definition) is 1. The van der Waals surface area contributed by atoms with Crippen LogP contribution in [0.4, 0.5) is 0 Å².